The van der Waals surface area contributed by atoms with Crippen molar-refractivity contribution < 1.29 is 13.6 Å². The van der Waals surface area contributed by atoms with Crippen LogP contribution in [0.25, 0.3) is 0 Å². The molecule has 1 fully saturated rings. The number of alkyl halides is 2. The summed E-state index contributed by atoms with van der Waals surface area (Å²) in [6, 6.07) is 6.37. The first kappa shape index (κ1) is 18.2. The Kier molecular flexibility index (Phi) is 7.30. The highest BCUT2D eigenvalue weighted by Gasteiger charge is 2.21. The molecule has 128 valence electrons. The van der Waals surface area contributed by atoms with Crippen molar-refractivity contribution in [3.8, 4) is 0 Å². The summed E-state index contributed by atoms with van der Waals surface area (Å²) in [4.78, 5) is 15.1. The van der Waals surface area contributed by atoms with Crippen LogP contribution in [0.5, 0.6) is 0 Å². The van der Waals surface area contributed by atoms with E-state index < -0.39 is 5.76 Å². The van der Waals surface area contributed by atoms with E-state index in [0.29, 0.717) is 22.3 Å². The summed E-state index contributed by atoms with van der Waals surface area (Å²) in [5.74, 6) is -2.47. The van der Waals surface area contributed by atoms with Crippen molar-refractivity contribution >= 4 is 23.4 Å². The number of anilines is 1. The smallest absolute Gasteiger partial charge is 0.288 e. The largest absolute Gasteiger partial charge is 0.325 e. The number of thioether (sulfide) groups is 1. The van der Waals surface area contributed by atoms with Gasteiger partial charge in [-0.25, -0.2) is 0 Å². The van der Waals surface area contributed by atoms with Crippen LogP contribution in [0, 0.1) is 0 Å². The highest BCUT2D eigenvalue weighted by atomic mass is 32.2. The molecule has 6 heteroatoms. The molecule has 23 heavy (non-hydrogen) atoms. The Balaban J connectivity index is 1.89. The van der Waals surface area contributed by atoms with E-state index in [4.69, 9.17) is 0 Å². The van der Waals surface area contributed by atoms with Crippen molar-refractivity contribution in [1.29, 1.82) is 0 Å². The predicted octanol–water partition coefficient (Wildman–Crippen LogP) is 4.59. The lowest BCUT2D eigenvalue weighted by Crippen LogP contribution is -2.43. The highest BCUT2D eigenvalue weighted by molar-refractivity contribution is 7.99. The molecule has 0 aromatic heterocycles. The third kappa shape index (κ3) is 6.11. The number of nitrogens with one attached hydrogen (secondary N) is 1. The van der Waals surface area contributed by atoms with E-state index in [-0.39, 0.29) is 11.9 Å². The average Bonchev–Trinajstić information content (AvgIpc) is 2.48. The monoisotopic (exact) mass is 342 g/mol. The van der Waals surface area contributed by atoms with Gasteiger partial charge in [-0.3, -0.25) is 9.69 Å². The van der Waals surface area contributed by atoms with Gasteiger partial charge in [0, 0.05) is 10.6 Å². The number of nitrogens with zero attached hydrogens (tertiary/aromatic N) is 1. The van der Waals surface area contributed by atoms with Gasteiger partial charge < -0.3 is 5.32 Å². The zero-order chi connectivity index (χ0) is 16.7. The average molecular weight is 342 g/mol. The Hall–Kier alpha value is -1.14. The highest BCUT2D eigenvalue weighted by Crippen LogP contribution is 2.26. The van der Waals surface area contributed by atoms with Crippen molar-refractivity contribution in [2.75, 3.05) is 18.4 Å². The topological polar surface area (TPSA) is 32.3 Å². The number of carbonyl (C=O) groups is 1. The summed E-state index contributed by atoms with van der Waals surface area (Å²) in [5.41, 5.74) is 0.646. The van der Waals surface area contributed by atoms with Crippen molar-refractivity contribution in [2.24, 2.45) is 0 Å². The third-order valence-corrected chi connectivity index (χ3v) is 4.89. The van der Waals surface area contributed by atoms with E-state index in [1.54, 1.807) is 24.3 Å². The maximum absolute atomic E-state index is 12.4. The molecule has 1 atom stereocenters. The first-order valence-corrected chi connectivity index (χ1v) is 9.04. The van der Waals surface area contributed by atoms with Gasteiger partial charge in [0.25, 0.3) is 5.76 Å². The normalized spacial score (nSPS) is 18.3. The summed E-state index contributed by atoms with van der Waals surface area (Å²) in [6.45, 7) is 3.84. The van der Waals surface area contributed by atoms with Crippen LogP contribution < -0.4 is 5.32 Å². The minimum atomic E-state index is -2.43. The first-order valence-electron chi connectivity index (χ1n) is 8.16. The van der Waals surface area contributed by atoms with Gasteiger partial charge in [-0.05, 0) is 57.1 Å². The number of likely N-dealkylation sites (tertiary alicyclic amines) is 1. The van der Waals surface area contributed by atoms with Crippen LogP contribution in [0.15, 0.2) is 29.2 Å². The van der Waals surface area contributed by atoms with Gasteiger partial charge in [-0.2, -0.15) is 8.78 Å². The number of halogens is 2. The molecule has 0 unspecified atom stereocenters. The van der Waals surface area contributed by atoms with E-state index in [0.717, 1.165) is 25.9 Å². The Morgan fingerprint density at radius 2 is 1.65 bits per heavy atom. The maximum Gasteiger partial charge on any atom is 0.288 e. The lowest BCUT2D eigenvalue weighted by atomic mass is 10.1. The molecule has 1 saturated heterocycles. The fourth-order valence-corrected chi connectivity index (χ4v) is 3.29. The summed E-state index contributed by atoms with van der Waals surface area (Å²) >= 11 is 0.505. The van der Waals surface area contributed by atoms with Gasteiger partial charge >= 0.3 is 0 Å². The number of hydrogen-bond acceptors (Lipinski definition) is 3. The molecule has 1 aromatic rings. The summed E-state index contributed by atoms with van der Waals surface area (Å²) in [6.07, 6.45) is 6.02. The number of carbonyl (C=O) groups excluding carboxylic acids is 1. The van der Waals surface area contributed by atoms with Crippen molar-refractivity contribution in [3.63, 3.8) is 0 Å². The Morgan fingerprint density at radius 3 is 2.22 bits per heavy atom. The van der Waals surface area contributed by atoms with Gasteiger partial charge in [-0.15, -0.1) is 0 Å². The third-order valence-electron chi connectivity index (χ3n) is 4.16. The van der Waals surface area contributed by atoms with Crippen LogP contribution in [0.1, 0.15) is 39.0 Å². The van der Waals surface area contributed by atoms with Crippen LogP contribution in [-0.4, -0.2) is 35.7 Å². The van der Waals surface area contributed by atoms with E-state index in [9.17, 15) is 13.6 Å². The molecule has 1 amide bonds. The zero-order valence-electron chi connectivity index (χ0n) is 13.4. The minimum absolute atomic E-state index is 0.0418. The summed E-state index contributed by atoms with van der Waals surface area (Å²) < 4.78 is 24.6. The van der Waals surface area contributed by atoms with Crippen LogP contribution >= 0.6 is 11.8 Å². The molecule has 0 spiro atoms. The minimum Gasteiger partial charge on any atom is -0.325 e. The zero-order valence-corrected chi connectivity index (χ0v) is 14.2. The molecule has 0 saturated carbocycles. The molecule has 1 aromatic carbocycles. The number of amides is 1. The van der Waals surface area contributed by atoms with Gasteiger partial charge in [0.1, 0.15) is 0 Å². The van der Waals surface area contributed by atoms with Gasteiger partial charge in [0.15, 0.2) is 0 Å². The van der Waals surface area contributed by atoms with Gasteiger partial charge in [0.2, 0.25) is 5.91 Å². The molecule has 1 aliphatic rings. The van der Waals surface area contributed by atoms with E-state index in [1.807, 2.05) is 6.92 Å². The van der Waals surface area contributed by atoms with Crippen LogP contribution in [0.4, 0.5) is 14.5 Å². The standard InChI is InChI=1S/C17H24F2N2OS/c1-13(21-11-5-3-2-4-6-12-21)16(22)20-14-7-9-15(10-8-14)23-17(18)19/h7-10,13,17H,2-6,11-12H2,1H3,(H,20,22)/t13-/m1/s1. The summed E-state index contributed by atoms with van der Waals surface area (Å²) in [7, 11) is 0. The quantitative estimate of drug-likeness (QED) is 0.794. The van der Waals surface area contributed by atoms with Gasteiger partial charge in [0.05, 0.1) is 6.04 Å². The fraction of sp³-hybridized carbons (Fsp3) is 0.588. The number of benzene rings is 1. The van der Waals surface area contributed by atoms with Crippen molar-refractivity contribution in [3.05, 3.63) is 24.3 Å². The molecule has 0 aliphatic carbocycles. The van der Waals surface area contributed by atoms with E-state index in [1.165, 1.54) is 19.3 Å². The van der Waals surface area contributed by atoms with Crippen LogP contribution in [0.3, 0.4) is 0 Å². The Bertz CT molecular complexity index is 488. The first-order chi connectivity index (χ1) is 11.1. The molecule has 0 bridgehead atoms. The van der Waals surface area contributed by atoms with E-state index >= 15 is 0 Å². The molecule has 1 heterocycles. The number of hydrogen-bond donors (Lipinski definition) is 1. The van der Waals surface area contributed by atoms with Gasteiger partial charge in [-0.1, -0.05) is 31.0 Å². The Labute approximate surface area is 140 Å². The summed E-state index contributed by atoms with van der Waals surface area (Å²) in [5, 5.41) is 2.88. The number of rotatable bonds is 5. The van der Waals surface area contributed by atoms with Crippen molar-refractivity contribution in [1.82, 2.24) is 4.90 Å². The van der Waals surface area contributed by atoms with E-state index in [2.05, 4.69) is 10.2 Å². The second-order valence-electron chi connectivity index (χ2n) is 5.87. The van der Waals surface area contributed by atoms with Crippen LogP contribution in [0.2, 0.25) is 0 Å². The van der Waals surface area contributed by atoms with Crippen molar-refractivity contribution in [2.45, 2.75) is 55.7 Å². The molecular weight excluding hydrogens is 318 g/mol. The lowest BCUT2D eigenvalue weighted by molar-refractivity contribution is -0.120. The molecule has 3 nitrogen and oxygen atoms in total. The lowest BCUT2D eigenvalue weighted by Gasteiger charge is -2.29. The molecule has 2 rings (SSSR count). The fourth-order valence-electron chi connectivity index (χ4n) is 2.79. The molecule has 1 N–H and O–H groups in total. The molecule has 1 aliphatic heterocycles. The second kappa shape index (κ2) is 9.23. The molecule has 0 radical (unpaired) electrons. The predicted molar refractivity (Wildman–Crippen MR) is 91.1 cm³/mol. The van der Waals surface area contributed by atoms with Crippen LogP contribution in [-0.2, 0) is 4.79 Å². The Morgan fingerprint density at radius 1 is 1.09 bits per heavy atom. The molecular formula is C17H24F2N2OS. The maximum atomic E-state index is 12.4. The second-order valence-corrected chi connectivity index (χ2v) is 6.94. The SMILES string of the molecule is C[C@H](C(=O)Nc1ccc(SC(F)F)cc1)N1CCCCCCC1.